The van der Waals surface area contributed by atoms with Crippen molar-refractivity contribution in [2.24, 2.45) is 29.1 Å². The largest absolute Gasteiger partial charge is 0.462 e. The minimum Gasteiger partial charge on any atom is -0.462 e. The number of carbonyl (C=O) groups excluding carboxylic acids is 4. The predicted octanol–water partition coefficient (Wildman–Crippen LogP) is 8.23. The van der Waals surface area contributed by atoms with Crippen LogP contribution in [0.4, 0.5) is 0 Å². The number of aliphatic hydroxyl groups is 1. The molecule has 0 saturated carbocycles. The number of hydrogen-bond acceptors (Lipinski definition) is 9. The van der Waals surface area contributed by atoms with Crippen molar-refractivity contribution in [2.75, 3.05) is 0 Å². The van der Waals surface area contributed by atoms with E-state index < -0.39 is 47.0 Å². The Kier molecular flexibility index (Phi) is 12.4. The molecule has 53 heavy (non-hydrogen) atoms. The SMILES string of the molecule is CC(=O)OC1CC(C)=CCCC(C)=CC(=O)CC23C(=O)OC(C1C(C)C)C2CC(C)=C1CCC(C)(O)C2CCC(C)(O2)C(OC(C)=O)CCC(C)=CC13. The lowest BCUT2D eigenvalue weighted by Crippen LogP contribution is -2.49. The minimum absolute atomic E-state index is 0.000361. The summed E-state index contributed by atoms with van der Waals surface area (Å²) in [5, 5.41) is 12.0. The van der Waals surface area contributed by atoms with Crippen molar-refractivity contribution in [3.63, 3.8) is 0 Å². The fourth-order valence-corrected chi connectivity index (χ4v) is 10.4. The summed E-state index contributed by atoms with van der Waals surface area (Å²) in [5.41, 5.74) is 2.10. The summed E-state index contributed by atoms with van der Waals surface area (Å²) in [6.45, 7) is 19.0. The maximum atomic E-state index is 15.0. The van der Waals surface area contributed by atoms with Gasteiger partial charge < -0.3 is 24.1 Å². The molecule has 0 spiro atoms. The highest BCUT2D eigenvalue weighted by atomic mass is 16.6. The van der Waals surface area contributed by atoms with E-state index in [0.717, 1.165) is 34.3 Å². The number of fused-ring (bicyclic) bond motifs is 3. The van der Waals surface area contributed by atoms with E-state index in [-0.39, 0.29) is 47.9 Å². The molecule has 0 aromatic heterocycles. The molecule has 3 aliphatic heterocycles. The van der Waals surface area contributed by atoms with Gasteiger partial charge in [0.2, 0.25) is 0 Å². The Morgan fingerprint density at radius 2 is 1.60 bits per heavy atom. The van der Waals surface area contributed by atoms with Gasteiger partial charge in [0.25, 0.3) is 0 Å². The minimum atomic E-state index is -1.21. The summed E-state index contributed by atoms with van der Waals surface area (Å²) < 4.78 is 25.2. The molecule has 2 aliphatic carbocycles. The van der Waals surface area contributed by atoms with Gasteiger partial charge in [-0.25, -0.2) is 0 Å². The molecule has 10 atom stereocenters. The Morgan fingerprint density at radius 1 is 0.906 bits per heavy atom. The topological polar surface area (TPSA) is 125 Å². The molecule has 294 valence electrons. The Labute approximate surface area is 317 Å². The standard InChI is InChI=1S/C44H64O9/c1-25(2)39-36(50-30(7)45)22-27(4)13-11-12-26(3)20-32(47)24-44-34-21-28(5)14-15-38(51-31(8)46)43(10)19-17-37(53-43)42(9,49)18-16-33(34)29(6)23-35(44)40(39)52-41(44)48/h13,20-21,25,34-40,49H,11-12,14-19,22-24H2,1-10H3. The molecule has 10 unspecified atom stereocenters. The Balaban J connectivity index is 1.70. The van der Waals surface area contributed by atoms with E-state index in [1.807, 2.05) is 34.6 Å². The fraction of sp³-hybridized carbons (Fsp3) is 0.727. The summed E-state index contributed by atoms with van der Waals surface area (Å²) in [7, 11) is 0. The van der Waals surface area contributed by atoms with E-state index in [0.29, 0.717) is 57.8 Å². The van der Waals surface area contributed by atoms with Gasteiger partial charge >= 0.3 is 17.9 Å². The highest BCUT2D eigenvalue weighted by molar-refractivity contribution is 5.96. The summed E-state index contributed by atoms with van der Waals surface area (Å²) >= 11 is 0. The van der Waals surface area contributed by atoms with Crippen molar-refractivity contribution in [1.82, 2.24) is 0 Å². The van der Waals surface area contributed by atoms with Crippen LogP contribution in [0, 0.1) is 29.1 Å². The van der Waals surface area contributed by atoms with Crippen LogP contribution in [-0.4, -0.2) is 64.4 Å². The van der Waals surface area contributed by atoms with Gasteiger partial charge in [0.15, 0.2) is 5.78 Å². The van der Waals surface area contributed by atoms with E-state index in [4.69, 9.17) is 18.9 Å². The zero-order valence-electron chi connectivity index (χ0n) is 33.8. The van der Waals surface area contributed by atoms with Crippen LogP contribution in [-0.2, 0) is 38.1 Å². The number of ether oxygens (including phenoxy) is 4. The van der Waals surface area contributed by atoms with Crippen LogP contribution in [0.25, 0.3) is 0 Å². The van der Waals surface area contributed by atoms with Crippen molar-refractivity contribution >= 4 is 23.7 Å². The number of allylic oxidation sites excluding steroid dienone is 7. The van der Waals surface area contributed by atoms with Gasteiger partial charge in [-0.05, 0) is 111 Å². The van der Waals surface area contributed by atoms with Gasteiger partial charge in [-0.2, -0.15) is 0 Å². The van der Waals surface area contributed by atoms with Crippen LogP contribution in [0.5, 0.6) is 0 Å². The van der Waals surface area contributed by atoms with E-state index in [2.05, 4.69) is 32.9 Å². The first-order chi connectivity index (χ1) is 24.8. The average molecular weight is 737 g/mol. The number of esters is 3. The molecule has 9 heteroatoms. The molecule has 2 saturated heterocycles. The number of rotatable bonds is 3. The van der Waals surface area contributed by atoms with Crippen molar-refractivity contribution in [3.05, 3.63) is 46.1 Å². The first kappa shape index (κ1) is 41.1. The smallest absolute Gasteiger partial charge is 0.314 e. The summed E-state index contributed by atoms with van der Waals surface area (Å²) in [6.07, 6.45) is 9.77. The van der Waals surface area contributed by atoms with Gasteiger partial charge in [0.05, 0.1) is 17.1 Å². The monoisotopic (exact) mass is 736 g/mol. The van der Waals surface area contributed by atoms with E-state index >= 15 is 0 Å². The molecule has 1 N–H and O–H groups in total. The highest BCUT2D eigenvalue weighted by Crippen LogP contribution is 2.61. The van der Waals surface area contributed by atoms with Crippen LogP contribution < -0.4 is 0 Å². The van der Waals surface area contributed by atoms with E-state index in [1.54, 1.807) is 6.08 Å². The molecule has 0 aromatic rings. The Morgan fingerprint density at radius 3 is 2.26 bits per heavy atom. The zero-order chi connectivity index (χ0) is 39.0. The quantitative estimate of drug-likeness (QED) is 0.173. The van der Waals surface area contributed by atoms with Gasteiger partial charge in [-0.15, -0.1) is 0 Å². The van der Waals surface area contributed by atoms with Gasteiger partial charge in [0, 0.05) is 44.4 Å². The third-order valence-electron chi connectivity index (χ3n) is 13.2. The van der Waals surface area contributed by atoms with Crippen molar-refractivity contribution in [1.29, 1.82) is 0 Å². The van der Waals surface area contributed by atoms with Crippen LogP contribution in [0.2, 0.25) is 0 Å². The summed E-state index contributed by atoms with van der Waals surface area (Å²) in [5.74, 6) is -2.37. The summed E-state index contributed by atoms with van der Waals surface area (Å²) in [4.78, 5) is 54.2. The van der Waals surface area contributed by atoms with Gasteiger partial charge in [-0.3, -0.25) is 19.2 Å². The normalized spacial score (nSPS) is 38.8. The van der Waals surface area contributed by atoms with Crippen molar-refractivity contribution in [2.45, 2.75) is 175 Å². The molecule has 5 aliphatic rings. The molecule has 2 fully saturated rings. The zero-order valence-corrected chi connectivity index (χ0v) is 33.8. The lowest BCUT2D eigenvalue weighted by Gasteiger charge is -2.46. The molecular weight excluding hydrogens is 672 g/mol. The van der Waals surface area contributed by atoms with Gasteiger partial charge in [-0.1, -0.05) is 53.9 Å². The van der Waals surface area contributed by atoms with Gasteiger partial charge in [0.1, 0.15) is 23.9 Å². The van der Waals surface area contributed by atoms with Crippen molar-refractivity contribution in [3.8, 4) is 0 Å². The molecule has 3 heterocycles. The third-order valence-corrected chi connectivity index (χ3v) is 13.2. The van der Waals surface area contributed by atoms with Crippen LogP contribution in [0.1, 0.15) is 140 Å². The number of carbonyl (C=O) groups is 4. The first-order valence-corrected chi connectivity index (χ1v) is 19.9. The highest BCUT2D eigenvalue weighted by Gasteiger charge is 2.66. The maximum absolute atomic E-state index is 15.0. The molecule has 0 radical (unpaired) electrons. The molecule has 4 bridgehead atoms. The van der Waals surface area contributed by atoms with Crippen LogP contribution in [0.3, 0.4) is 0 Å². The average Bonchev–Trinajstić information content (AvgIpc) is 3.56. The molecule has 9 nitrogen and oxygen atoms in total. The van der Waals surface area contributed by atoms with E-state index in [1.165, 1.54) is 13.8 Å². The lowest BCUT2D eigenvalue weighted by molar-refractivity contribution is -0.183. The molecule has 0 aromatic carbocycles. The second-order valence-electron chi connectivity index (χ2n) is 17.9. The Bertz CT molecular complexity index is 1580. The van der Waals surface area contributed by atoms with E-state index in [9.17, 15) is 24.3 Å². The fourth-order valence-electron chi connectivity index (χ4n) is 10.4. The predicted molar refractivity (Wildman–Crippen MR) is 202 cm³/mol. The molecule has 5 rings (SSSR count). The first-order valence-electron chi connectivity index (χ1n) is 19.9. The Hall–Kier alpha value is -3.04. The van der Waals surface area contributed by atoms with Crippen LogP contribution >= 0.6 is 0 Å². The molecule has 0 amide bonds. The van der Waals surface area contributed by atoms with Crippen molar-refractivity contribution < 1.29 is 43.2 Å². The number of hydrogen-bond donors (Lipinski definition) is 1. The second-order valence-corrected chi connectivity index (χ2v) is 17.9. The second kappa shape index (κ2) is 16.0. The third kappa shape index (κ3) is 8.61. The maximum Gasteiger partial charge on any atom is 0.314 e. The number of ketones is 1. The lowest BCUT2D eigenvalue weighted by atomic mass is 9.53. The van der Waals surface area contributed by atoms with Crippen LogP contribution in [0.15, 0.2) is 46.1 Å². The molecular formula is C44H64O9. The summed E-state index contributed by atoms with van der Waals surface area (Å²) in [6, 6.07) is 0.